The van der Waals surface area contributed by atoms with Gasteiger partial charge >= 0.3 is 0 Å². The Morgan fingerprint density at radius 3 is 2.56 bits per heavy atom. The standard InChI is InChI=1S/C13H10Cl2N2S/c1-2-4-10-11(7-16)18-13(17-10)12-8(14)5-3-6-9(12)15/h3,5-6H,2,4H2,1H3. The Kier molecular flexibility index (Phi) is 4.23. The Hall–Kier alpha value is -1.08. The SMILES string of the molecule is CCCc1nc(-c2c(Cl)cccc2Cl)sc1C#N. The van der Waals surface area contributed by atoms with Crippen LogP contribution in [0.2, 0.25) is 10.0 Å². The Balaban J connectivity index is 2.55. The Labute approximate surface area is 120 Å². The van der Waals surface area contributed by atoms with E-state index >= 15 is 0 Å². The van der Waals surface area contributed by atoms with E-state index in [2.05, 4.69) is 18.0 Å². The van der Waals surface area contributed by atoms with E-state index in [-0.39, 0.29) is 0 Å². The van der Waals surface area contributed by atoms with E-state index in [0.29, 0.717) is 25.5 Å². The Morgan fingerprint density at radius 1 is 1.33 bits per heavy atom. The van der Waals surface area contributed by atoms with Crippen LogP contribution in [-0.2, 0) is 6.42 Å². The number of hydrogen-bond acceptors (Lipinski definition) is 3. The number of aryl methyl sites for hydroxylation is 1. The van der Waals surface area contributed by atoms with Crippen LogP contribution in [0.5, 0.6) is 0 Å². The van der Waals surface area contributed by atoms with Crippen molar-refractivity contribution in [1.29, 1.82) is 5.26 Å². The maximum absolute atomic E-state index is 9.10. The number of rotatable bonds is 3. The minimum Gasteiger partial charge on any atom is -0.240 e. The molecule has 0 aliphatic carbocycles. The molecule has 5 heteroatoms. The fraction of sp³-hybridized carbons (Fsp3) is 0.231. The van der Waals surface area contributed by atoms with Gasteiger partial charge in [-0.05, 0) is 18.6 Å². The van der Waals surface area contributed by atoms with Gasteiger partial charge in [0.15, 0.2) is 0 Å². The van der Waals surface area contributed by atoms with Crippen LogP contribution in [0.25, 0.3) is 10.6 Å². The molecule has 0 unspecified atom stereocenters. The lowest BCUT2D eigenvalue weighted by Gasteiger charge is -2.02. The van der Waals surface area contributed by atoms with E-state index in [4.69, 9.17) is 28.5 Å². The second kappa shape index (κ2) is 5.71. The molecule has 0 aliphatic rings. The zero-order valence-electron chi connectivity index (χ0n) is 9.70. The summed E-state index contributed by atoms with van der Waals surface area (Å²) >= 11 is 13.6. The van der Waals surface area contributed by atoms with Crippen LogP contribution in [0, 0.1) is 11.3 Å². The molecule has 2 nitrogen and oxygen atoms in total. The molecule has 1 aromatic heterocycles. The van der Waals surface area contributed by atoms with Crippen LogP contribution in [0.15, 0.2) is 18.2 Å². The summed E-state index contributed by atoms with van der Waals surface area (Å²) in [5.74, 6) is 0. The fourth-order valence-corrected chi connectivity index (χ4v) is 3.33. The quantitative estimate of drug-likeness (QED) is 0.804. The lowest BCUT2D eigenvalue weighted by Crippen LogP contribution is -1.87. The maximum atomic E-state index is 9.10. The Bertz CT molecular complexity index is 594. The summed E-state index contributed by atoms with van der Waals surface area (Å²) < 4.78 is 0. The third kappa shape index (κ3) is 2.51. The van der Waals surface area contributed by atoms with Crippen LogP contribution in [0.1, 0.15) is 23.9 Å². The van der Waals surface area contributed by atoms with Crippen molar-refractivity contribution in [2.75, 3.05) is 0 Å². The van der Waals surface area contributed by atoms with Gasteiger partial charge in [-0.25, -0.2) is 4.98 Å². The summed E-state index contributed by atoms with van der Waals surface area (Å²) in [6.07, 6.45) is 1.75. The van der Waals surface area contributed by atoms with Gasteiger partial charge in [-0.1, -0.05) is 42.6 Å². The predicted octanol–water partition coefficient (Wildman–Crippen LogP) is 4.94. The van der Waals surface area contributed by atoms with Crippen molar-refractivity contribution >= 4 is 34.5 Å². The van der Waals surface area contributed by atoms with Crippen LogP contribution in [0.4, 0.5) is 0 Å². The van der Waals surface area contributed by atoms with Gasteiger partial charge in [0.1, 0.15) is 16.0 Å². The van der Waals surface area contributed by atoms with Crippen molar-refractivity contribution in [2.24, 2.45) is 0 Å². The number of nitrogens with zero attached hydrogens (tertiary/aromatic N) is 2. The lowest BCUT2D eigenvalue weighted by atomic mass is 10.2. The van der Waals surface area contributed by atoms with E-state index in [1.54, 1.807) is 18.2 Å². The van der Waals surface area contributed by atoms with Crippen molar-refractivity contribution in [3.05, 3.63) is 38.8 Å². The largest absolute Gasteiger partial charge is 0.240 e. The van der Waals surface area contributed by atoms with Crippen LogP contribution in [0.3, 0.4) is 0 Å². The zero-order valence-corrected chi connectivity index (χ0v) is 12.0. The van der Waals surface area contributed by atoms with E-state index in [0.717, 1.165) is 18.5 Å². The summed E-state index contributed by atoms with van der Waals surface area (Å²) in [5, 5.41) is 10.9. The molecule has 18 heavy (non-hydrogen) atoms. The average Bonchev–Trinajstić information content (AvgIpc) is 2.72. The van der Waals surface area contributed by atoms with Crippen molar-refractivity contribution in [3.8, 4) is 16.6 Å². The summed E-state index contributed by atoms with van der Waals surface area (Å²) in [7, 11) is 0. The first-order valence-electron chi connectivity index (χ1n) is 5.51. The minimum atomic E-state index is 0.559. The molecule has 1 heterocycles. The number of aromatic nitrogens is 1. The second-order valence-corrected chi connectivity index (χ2v) is 5.57. The van der Waals surface area contributed by atoms with E-state index in [9.17, 15) is 0 Å². The highest BCUT2D eigenvalue weighted by Crippen LogP contribution is 2.37. The molecule has 0 atom stereocenters. The van der Waals surface area contributed by atoms with Gasteiger partial charge in [-0.15, -0.1) is 11.3 Å². The molecule has 0 saturated heterocycles. The third-order valence-corrected chi connectivity index (χ3v) is 4.11. The van der Waals surface area contributed by atoms with Crippen molar-refractivity contribution < 1.29 is 0 Å². The molecule has 0 amide bonds. The highest BCUT2D eigenvalue weighted by Gasteiger charge is 2.16. The fourth-order valence-electron chi connectivity index (χ4n) is 1.65. The van der Waals surface area contributed by atoms with Gasteiger partial charge < -0.3 is 0 Å². The van der Waals surface area contributed by atoms with Gasteiger partial charge in [0.2, 0.25) is 0 Å². The van der Waals surface area contributed by atoms with Gasteiger partial charge in [0.05, 0.1) is 15.7 Å². The smallest absolute Gasteiger partial charge is 0.128 e. The highest BCUT2D eigenvalue weighted by atomic mass is 35.5. The first-order valence-corrected chi connectivity index (χ1v) is 7.08. The molecule has 2 aromatic rings. The van der Waals surface area contributed by atoms with Crippen molar-refractivity contribution in [2.45, 2.75) is 19.8 Å². The first-order chi connectivity index (χ1) is 8.67. The number of benzene rings is 1. The molecule has 0 spiro atoms. The monoisotopic (exact) mass is 296 g/mol. The van der Waals surface area contributed by atoms with E-state index in [1.165, 1.54) is 11.3 Å². The van der Waals surface area contributed by atoms with E-state index < -0.39 is 0 Å². The average molecular weight is 297 g/mol. The number of halogens is 2. The summed E-state index contributed by atoms with van der Waals surface area (Å²) in [4.78, 5) is 5.13. The maximum Gasteiger partial charge on any atom is 0.128 e. The molecule has 92 valence electrons. The van der Waals surface area contributed by atoms with Gasteiger partial charge in [-0.2, -0.15) is 5.26 Å². The Morgan fingerprint density at radius 2 is 2.00 bits per heavy atom. The zero-order chi connectivity index (χ0) is 13.1. The van der Waals surface area contributed by atoms with Crippen LogP contribution >= 0.6 is 34.5 Å². The van der Waals surface area contributed by atoms with Crippen LogP contribution < -0.4 is 0 Å². The molecule has 0 bridgehead atoms. The van der Waals surface area contributed by atoms with Gasteiger partial charge in [0, 0.05) is 5.56 Å². The molecule has 0 fully saturated rings. The molecule has 1 aromatic carbocycles. The molecule has 0 radical (unpaired) electrons. The molecule has 0 saturated carbocycles. The summed E-state index contributed by atoms with van der Waals surface area (Å²) in [5.41, 5.74) is 1.54. The van der Waals surface area contributed by atoms with Crippen LogP contribution in [-0.4, -0.2) is 4.98 Å². The molecule has 0 N–H and O–H groups in total. The van der Waals surface area contributed by atoms with Crippen molar-refractivity contribution in [1.82, 2.24) is 4.98 Å². The topological polar surface area (TPSA) is 36.7 Å². The second-order valence-electron chi connectivity index (χ2n) is 3.75. The number of thiazole rings is 1. The number of nitriles is 1. The number of hydrogen-bond donors (Lipinski definition) is 0. The first kappa shape index (κ1) is 13.4. The molecule has 0 aliphatic heterocycles. The molecule has 2 rings (SSSR count). The van der Waals surface area contributed by atoms with Crippen molar-refractivity contribution in [3.63, 3.8) is 0 Å². The summed E-state index contributed by atoms with van der Waals surface area (Å²) in [6.45, 7) is 2.06. The predicted molar refractivity (Wildman–Crippen MR) is 76.3 cm³/mol. The van der Waals surface area contributed by atoms with Gasteiger partial charge in [0.25, 0.3) is 0 Å². The van der Waals surface area contributed by atoms with E-state index in [1.807, 2.05) is 0 Å². The summed E-state index contributed by atoms with van der Waals surface area (Å²) in [6, 6.07) is 7.52. The molecular formula is C13H10Cl2N2S. The minimum absolute atomic E-state index is 0.559. The molecular weight excluding hydrogens is 287 g/mol. The lowest BCUT2D eigenvalue weighted by molar-refractivity contribution is 0.890. The normalized spacial score (nSPS) is 10.3. The highest BCUT2D eigenvalue weighted by molar-refractivity contribution is 7.15. The van der Waals surface area contributed by atoms with Gasteiger partial charge in [-0.3, -0.25) is 0 Å². The third-order valence-electron chi connectivity index (χ3n) is 2.46.